The minimum absolute atomic E-state index is 0.205. The average Bonchev–Trinajstić information content (AvgIpc) is 2.49. The molecule has 3 aliphatic rings. The van der Waals surface area contributed by atoms with Crippen molar-refractivity contribution in [1.82, 2.24) is 0 Å². The van der Waals surface area contributed by atoms with Gasteiger partial charge in [-0.25, -0.2) is 0 Å². The molecular weight excluding hydrogens is 324 g/mol. The van der Waals surface area contributed by atoms with E-state index in [4.69, 9.17) is 9.47 Å². The van der Waals surface area contributed by atoms with Gasteiger partial charge in [0.1, 0.15) is 0 Å². The van der Waals surface area contributed by atoms with Crippen LogP contribution in [0.15, 0.2) is 28.7 Å². The van der Waals surface area contributed by atoms with Crippen LogP contribution >= 0.6 is 27.7 Å². The summed E-state index contributed by atoms with van der Waals surface area (Å²) in [6, 6.07) is 8.25. The number of hydrogen-bond acceptors (Lipinski definition) is 3. The lowest BCUT2D eigenvalue weighted by atomic mass is 9.77. The maximum absolute atomic E-state index is 6.14. The van der Waals surface area contributed by atoms with E-state index in [1.54, 1.807) is 11.8 Å². The third-order valence-electron chi connectivity index (χ3n) is 4.50. The van der Waals surface area contributed by atoms with Crippen LogP contribution in [0.1, 0.15) is 25.8 Å². The molecule has 3 aliphatic heterocycles. The number of thioether (sulfide) groups is 1. The second-order valence-electron chi connectivity index (χ2n) is 5.60. The van der Waals surface area contributed by atoms with Crippen LogP contribution in [0.4, 0.5) is 0 Å². The van der Waals surface area contributed by atoms with Gasteiger partial charge < -0.3 is 9.47 Å². The van der Waals surface area contributed by atoms with E-state index in [2.05, 4.69) is 41.9 Å². The molecular formula is C15H19BrO2S. The van der Waals surface area contributed by atoms with E-state index >= 15 is 0 Å². The first-order valence-corrected chi connectivity index (χ1v) is 8.56. The molecule has 0 spiro atoms. The molecule has 0 aliphatic carbocycles. The second-order valence-corrected chi connectivity index (χ2v) is 7.63. The third kappa shape index (κ3) is 2.27. The number of rotatable bonds is 3. The number of fused-ring (bicyclic) bond motifs is 3. The van der Waals surface area contributed by atoms with Gasteiger partial charge in [-0.05, 0) is 18.1 Å². The maximum Gasteiger partial charge on any atom is 0.245 e. The summed E-state index contributed by atoms with van der Waals surface area (Å²) in [5.74, 6) is 1.76. The molecule has 1 aromatic carbocycles. The average molecular weight is 343 g/mol. The Labute approximate surface area is 127 Å². The molecule has 0 N–H and O–H groups in total. The van der Waals surface area contributed by atoms with Crippen molar-refractivity contribution in [2.75, 3.05) is 19.0 Å². The van der Waals surface area contributed by atoms with Crippen LogP contribution in [0.5, 0.6) is 0 Å². The van der Waals surface area contributed by atoms with Crippen LogP contribution in [-0.2, 0) is 14.6 Å². The highest BCUT2D eigenvalue weighted by Gasteiger charge is 2.54. The quantitative estimate of drug-likeness (QED) is 0.811. The Bertz CT molecular complexity index is 435. The Morgan fingerprint density at radius 3 is 2.37 bits per heavy atom. The normalized spacial score (nSPS) is 35.3. The maximum atomic E-state index is 6.14. The zero-order valence-corrected chi connectivity index (χ0v) is 13.7. The number of halogens is 1. The Morgan fingerprint density at radius 2 is 1.89 bits per heavy atom. The largest absolute Gasteiger partial charge is 0.337 e. The summed E-state index contributed by atoms with van der Waals surface area (Å²) in [4.78, 5) is 0. The molecule has 4 rings (SSSR count). The van der Waals surface area contributed by atoms with E-state index in [1.165, 1.54) is 6.42 Å². The number of hydrogen-bond donors (Lipinski definition) is 0. The lowest BCUT2D eigenvalue weighted by Gasteiger charge is -2.54. The van der Waals surface area contributed by atoms with Crippen LogP contribution in [0.25, 0.3) is 0 Å². The summed E-state index contributed by atoms with van der Waals surface area (Å²) >= 11 is 5.27. The minimum atomic E-state index is -0.574. The molecule has 104 valence electrons. The SMILES string of the molecule is CCC(C)C12COC(c3ccc(Br)cc3)(OC1)SC2. The van der Waals surface area contributed by atoms with Crippen molar-refractivity contribution < 1.29 is 9.47 Å². The first-order chi connectivity index (χ1) is 9.10. The molecule has 3 fully saturated rings. The smallest absolute Gasteiger partial charge is 0.245 e. The van der Waals surface area contributed by atoms with Gasteiger partial charge in [0, 0.05) is 21.2 Å². The lowest BCUT2D eigenvalue weighted by Crippen LogP contribution is -2.56. The van der Waals surface area contributed by atoms with Gasteiger partial charge in [0.25, 0.3) is 0 Å². The Morgan fingerprint density at radius 1 is 1.26 bits per heavy atom. The van der Waals surface area contributed by atoms with E-state index in [1.807, 2.05) is 12.1 Å². The molecule has 2 nitrogen and oxygen atoms in total. The van der Waals surface area contributed by atoms with E-state index in [0.717, 1.165) is 29.0 Å². The standard InChI is InChI=1S/C15H19BrO2S/c1-3-11(2)14-8-17-15(18-9-14,19-10-14)12-4-6-13(16)7-5-12/h4-7,11H,3,8-10H2,1-2H3. The highest BCUT2D eigenvalue weighted by atomic mass is 79.9. The third-order valence-corrected chi connectivity index (χ3v) is 6.60. The van der Waals surface area contributed by atoms with Crippen LogP contribution in [0, 0.1) is 11.3 Å². The highest BCUT2D eigenvalue weighted by Crippen LogP contribution is 2.55. The lowest BCUT2D eigenvalue weighted by molar-refractivity contribution is -0.274. The molecule has 1 unspecified atom stereocenters. The molecule has 4 heteroatoms. The van der Waals surface area contributed by atoms with Crippen molar-refractivity contribution in [3.8, 4) is 0 Å². The fraction of sp³-hybridized carbons (Fsp3) is 0.600. The predicted octanol–water partition coefficient (Wildman–Crippen LogP) is 4.39. The van der Waals surface area contributed by atoms with Crippen molar-refractivity contribution in [2.24, 2.45) is 11.3 Å². The summed E-state index contributed by atoms with van der Waals surface area (Å²) in [6.07, 6.45) is 1.18. The Hall–Kier alpha value is -0.0300. The van der Waals surface area contributed by atoms with Gasteiger partial charge in [-0.2, -0.15) is 0 Å². The van der Waals surface area contributed by atoms with E-state index in [9.17, 15) is 0 Å². The predicted molar refractivity (Wildman–Crippen MR) is 82.1 cm³/mol. The molecule has 2 bridgehead atoms. The summed E-state index contributed by atoms with van der Waals surface area (Å²) in [6.45, 7) is 6.18. The van der Waals surface area contributed by atoms with Crippen molar-refractivity contribution in [1.29, 1.82) is 0 Å². The molecule has 19 heavy (non-hydrogen) atoms. The Kier molecular flexibility index (Phi) is 3.71. The van der Waals surface area contributed by atoms with Crippen molar-refractivity contribution in [3.05, 3.63) is 34.3 Å². The van der Waals surface area contributed by atoms with Gasteiger partial charge in [0.05, 0.1) is 13.2 Å². The van der Waals surface area contributed by atoms with Crippen molar-refractivity contribution in [2.45, 2.75) is 25.4 Å². The number of benzene rings is 1. The second kappa shape index (κ2) is 5.06. The molecule has 1 aromatic rings. The monoisotopic (exact) mass is 342 g/mol. The van der Waals surface area contributed by atoms with Gasteiger partial charge >= 0.3 is 0 Å². The van der Waals surface area contributed by atoms with Crippen LogP contribution < -0.4 is 0 Å². The Balaban J connectivity index is 1.83. The van der Waals surface area contributed by atoms with Gasteiger partial charge in [0.15, 0.2) is 0 Å². The van der Waals surface area contributed by atoms with Gasteiger partial charge in [-0.1, -0.05) is 60.1 Å². The molecule has 0 aromatic heterocycles. The van der Waals surface area contributed by atoms with E-state index in [-0.39, 0.29) is 5.41 Å². The molecule has 1 atom stereocenters. The van der Waals surface area contributed by atoms with Crippen molar-refractivity contribution in [3.63, 3.8) is 0 Å². The van der Waals surface area contributed by atoms with Gasteiger partial charge in [-0.15, -0.1) is 0 Å². The van der Waals surface area contributed by atoms with E-state index in [0.29, 0.717) is 5.92 Å². The number of ether oxygens (including phenoxy) is 2. The zero-order chi connectivity index (χ0) is 13.5. The zero-order valence-electron chi connectivity index (χ0n) is 11.3. The molecule has 0 radical (unpaired) electrons. The minimum Gasteiger partial charge on any atom is -0.337 e. The van der Waals surface area contributed by atoms with Crippen molar-refractivity contribution >= 4 is 27.7 Å². The van der Waals surface area contributed by atoms with Gasteiger partial charge in [-0.3, -0.25) is 0 Å². The molecule has 3 saturated heterocycles. The van der Waals surface area contributed by atoms with Crippen LogP contribution in [-0.4, -0.2) is 19.0 Å². The van der Waals surface area contributed by atoms with E-state index < -0.39 is 5.12 Å². The summed E-state index contributed by atoms with van der Waals surface area (Å²) in [5.41, 5.74) is 1.31. The molecule has 0 amide bonds. The first kappa shape index (κ1) is 13.9. The molecule has 0 saturated carbocycles. The topological polar surface area (TPSA) is 18.5 Å². The molecule has 3 heterocycles. The fourth-order valence-electron chi connectivity index (χ4n) is 2.73. The van der Waals surface area contributed by atoms with Crippen LogP contribution in [0.2, 0.25) is 0 Å². The summed E-state index contributed by atoms with van der Waals surface area (Å²) in [7, 11) is 0. The fourth-order valence-corrected chi connectivity index (χ4v) is 4.51. The summed E-state index contributed by atoms with van der Waals surface area (Å²) in [5, 5.41) is -0.574. The summed E-state index contributed by atoms with van der Waals surface area (Å²) < 4.78 is 13.4. The van der Waals surface area contributed by atoms with Gasteiger partial charge in [0.2, 0.25) is 5.12 Å². The first-order valence-electron chi connectivity index (χ1n) is 6.78. The van der Waals surface area contributed by atoms with Crippen LogP contribution in [0.3, 0.4) is 0 Å². The highest BCUT2D eigenvalue weighted by molar-refractivity contribution is 9.10.